The van der Waals surface area contributed by atoms with Crippen LogP contribution >= 0.6 is 0 Å². The van der Waals surface area contributed by atoms with Crippen LogP contribution in [0.15, 0.2) is 12.4 Å². The van der Waals surface area contributed by atoms with Crippen molar-refractivity contribution in [3.8, 4) is 0 Å². The van der Waals surface area contributed by atoms with Crippen LogP contribution in [-0.4, -0.2) is 28.9 Å². The van der Waals surface area contributed by atoms with Crippen LogP contribution in [0.5, 0.6) is 0 Å². The van der Waals surface area contributed by atoms with E-state index in [0.717, 1.165) is 0 Å². The number of nitrogens with one attached hydrogen (secondary N) is 1. The quantitative estimate of drug-likeness (QED) is 0.686. The largest absolute Gasteiger partial charge is 0.332 e. The van der Waals surface area contributed by atoms with E-state index in [1.165, 1.54) is 0 Å². The highest BCUT2D eigenvalue weighted by Gasteiger charge is 2.17. The van der Waals surface area contributed by atoms with Crippen molar-refractivity contribution in [3.63, 3.8) is 0 Å². The average Bonchev–Trinajstić information content (AvgIpc) is 2.50. The van der Waals surface area contributed by atoms with E-state index in [1.54, 1.807) is 17.0 Å². The molecule has 0 saturated carbocycles. The number of imidazole rings is 1. The van der Waals surface area contributed by atoms with Gasteiger partial charge in [0.1, 0.15) is 0 Å². The highest BCUT2D eigenvalue weighted by atomic mass is 16.1. The molecule has 1 aromatic rings. The van der Waals surface area contributed by atoms with Gasteiger partial charge in [-0.15, -0.1) is 0 Å². The van der Waals surface area contributed by atoms with Crippen LogP contribution in [0.2, 0.25) is 0 Å². The summed E-state index contributed by atoms with van der Waals surface area (Å²) in [6.07, 6.45) is 3.42. The van der Waals surface area contributed by atoms with E-state index in [0.29, 0.717) is 12.4 Å². The molecule has 4 nitrogen and oxygen atoms in total. The Balaban J connectivity index is 2.73. The Hall–Kier alpha value is -1.16. The second-order valence-corrected chi connectivity index (χ2v) is 3.18. The van der Waals surface area contributed by atoms with Crippen LogP contribution in [-0.2, 0) is 7.05 Å². The molecule has 0 radical (unpaired) electrons. The Morgan fingerprint density at radius 1 is 1.77 bits per heavy atom. The lowest BCUT2D eigenvalue weighted by atomic mass is 10.1. The third-order valence-corrected chi connectivity index (χ3v) is 2.00. The van der Waals surface area contributed by atoms with Crippen LogP contribution in [0.4, 0.5) is 0 Å². The van der Waals surface area contributed by atoms with Gasteiger partial charge in [-0.1, -0.05) is 6.92 Å². The third kappa shape index (κ3) is 2.15. The zero-order chi connectivity index (χ0) is 9.84. The molecular formula is C9H15N3O. The molecule has 0 aliphatic rings. The van der Waals surface area contributed by atoms with Crippen LogP contribution in [0.3, 0.4) is 0 Å². The van der Waals surface area contributed by atoms with E-state index in [-0.39, 0.29) is 11.7 Å². The highest BCUT2D eigenvalue weighted by molar-refractivity contribution is 5.94. The predicted molar refractivity (Wildman–Crippen MR) is 50.6 cm³/mol. The summed E-state index contributed by atoms with van der Waals surface area (Å²) in [5.74, 6) is 0.593. The Morgan fingerprint density at radius 2 is 2.46 bits per heavy atom. The summed E-state index contributed by atoms with van der Waals surface area (Å²) >= 11 is 0. The Labute approximate surface area is 78.0 Å². The predicted octanol–water partition coefficient (Wildman–Crippen LogP) is 0.458. The van der Waals surface area contributed by atoms with Crippen molar-refractivity contribution >= 4 is 5.78 Å². The molecule has 1 atom stereocenters. The summed E-state index contributed by atoms with van der Waals surface area (Å²) in [5, 5.41) is 2.97. The fourth-order valence-corrected chi connectivity index (χ4v) is 1.22. The molecule has 1 N–H and O–H groups in total. The van der Waals surface area contributed by atoms with E-state index in [4.69, 9.17) is 0 Å². The zero-order valence-corrected chi connectivity index (χ0v) is 8.24. The molecular weight excluding hydrogens is 166 g/mol. The Kier molecular flexibility index (Phi) is 3.19. The summed E-state index contributed by atoms with van der Waals surface area (Å²) < 4.78 is 1.74. The van der Waals surface area contributed by atoms with Gasteiger partial charge in [0, 0.05) is 31.9 Å². The molecule has 0 aliphatic heterocycles. The lowest BCUT2D eigenvalue weighted by Gasteiger charge is -2.08. The van der Waals surface area contributed by atoms with E-state index < -0.39 is 0 Å². The molecule has 13 heavy (non-hydrogen) atoms. The molecule has 0 aromatic carbocycles. The Bertz CT molecular complexity index is 293. The zero-order valence-electron chi connectivity index (χ0n) is 8.24. The number of carbonyl (C=O) groups is 1. The second-order valence-electron chi connectivity index (χ2n) is 3.18. The SMILES string of the molecule is CNCC(C)C(=O)c1nccn1C. The fourth-order valence-electron chi connectivity index (χ4n) is 1.22. The number of Topliss-reactive ketones (excluding diaryl/α,β-unsaturated/α-hetero) is 1. The summed E-state index contributed by atoms with van der Waals surface area (Å²) in [6.45, 7) is 2.58. The maximum atomic E-state index is 11.7. The van der Waals surface area contributed by atoms with Crippen LogP contribution in [0.1, 0.15) is 17.5 Å². The number of hydrogen-bond donors (Lipinski definition) is 1. The molecule has 0 spiro atoms. The third-order valence-electron chi connectivity index (χ3n) is 2.00. The van der Waals surface area contributed by atoms with Gasteiger partial charge in [-0.3, -0.25) is 4.79 Å². The van der Waals surface area contributed by atoms with Gasteiger partial charge in [0.25, 0.3) is 0 Å². The van der Waals surface area contributed by atoms with Crippen LogP contribution < -0.4 is 5.32 Å². The van der Waals surface area contributed by atoms with Crippen LogP contribution in [0, 0.1) is 5.92 Å². The maximum Gasteiger partial charge on any atom is 0.202 e. The summed E-state index contributed by atoms with van der Waals surface area (Å²) in [7, 11) is 3.66. The summed E-state index contributed by atoms with van der Waals surface area (Å²) in [5.41, 5.74) is 0. The molecule has 1 unspecified atom stereocenters. The average molecular weight is 181 g/mol. The van der Waals surface area contributed by atoms with Crippen molar-refractivity contribution in [1.82, 2.24) is 14.9 Å². The highest BCUT2D eigenvalue weighted by Crippen LogP contribution is 2.04. The molecule has 1 rings (SSSR count). The maximum absolute atomic E-state index is 11.7. The number of carbonyl (C=O) groups excluding carboxylic acids is 1. The van der Waals surface area contributed by atoms with Gasteiger partial charge in [0.2, 0.25) is 5.78 Å². The monoisotopic (exact) mass is 181 g/mol. The molecule has 0 bridgehead atoms. The number of rotatable bonds is 4. The van der Waals surface area contributed by atoms with Crippen molar-refractivity contribution in [2.75, 3.05) is 13.6 Å². The molecule has 1 heterocycles. The van der Waals surface area contributed by atoms with Crippen molar-refractivity contribution in [2.45, 2.75) is 6.92 Å². The van der Waals surface area contributed by atoms with E-state index in [1.807, 2.05) is 21.0 Å². The lowest BCUT2D eigenvalue weighted by molar-refractivity contribution is 0.0916. The molecule has 1 aromatic heterocycles. The minimum absolute atomic E-state index is 0.0221. The van der Waals surface area contributed by atoms with Crippen molar-refractivity contribution in [1.29, 1.82) is 0 Å². The number of nitrogens with zero attached hydrogens (tertiary/aromatic N) is 2. The van der Waals surface area contributed by atoms with Gasteiger partial charge in [0.15, 0.2) is 5.82 Å². The fraction of sp³-hybridized carbons (Fsp3) is 0.556. The van der Waals surface area contributed by atoms with Gasteiger partial charge in [-0.2, -0.15) is 0 Å². The molecule has 0 aliphatic carbocycles. The Morgan fingerprint density at radius 3 is 2.92 bits per heavy atom. The van der Waals surface area contributed by atoms with Gasteiger partial charge in [-0.05, 0) is 7.05 Å². The van der Waals surface area contributed by atoms with Crippen LogP contribution in [0.25, 0.3) is 0 Å². The van der Waals surface area contributed by atoms with Crippen molar-refractivity contribution in [2.24, 2.45) is 13.0 Å². The smallest absolute Gasteiger partial charge is 0.202 e. The van der Waals surface area contributed by atoms with E-state index in [9.17, 15) is 4.79 Å². The van der Waals surface area contributed by atoms with Crippen molar-refractivity contribution in [3.05, 3.63) is 18.2 Å². The number of ketones is 1. The molecule has 0 saturated heterocycles. The lowest BCUT2D eigenvalue weighted by Crippen LogP contribution is -2.25. The first kappa shape index (κ1) is 9.92. The van der Waals surface area contributed by atoms with Gasteiger partial charge >= 0.3 is 0 Å². The first-order chi connectivity index (χ1) is 6.16. The minimum Gasteiger partial charge on any atom is -0.332 e. The van der Waals surface area contributed by atoms with Gasteiger partial charge in [-0.25, -0.2) is 4.98 Å². The first-order valence-electron chi connectivity index (χ1n) is 4.33. The summed E-state index contributed by atoms with van der Waals surface area (Å²) in [4.78, 5) is 15.7. The molecule has 0 fully saturated rings. The molecule has 4 heteroatoms. The van der Waals surface area contributed by atoms with E-state index in [2.05, 4.69) is 10.3 Å². The standard InChI is InChI=1S/C9H15N3O/c1-7(6-10-2)8(13)9-11-4-5-12(9)3/h4-5,7,10H,6H2,1-3H3. The van der Waals surface area contributed by atoms with Gasteiger partial charge in [0.05, 0.1) is 0 Å². The van der Waals surface area contributed by atoms with Crippen molar-refractivity contribution < 1.29 is 4.79 Å². The van der Waals surface area contributed by atoms with Gasteiger partial charge < -0.3 is 9.88 Å². The number of hydrogen-bond acceptors (Lipinski definition) is 3. The summed E-state index contributed by atoms with van der Waals surface area (Å²) in [6, 6.07) is 0. The number of aryl methyl sites for hydroxylation is 1. The molecule has 72 valence electrons. The minimum atomic E-state index is -0.0221. The topological polar surface area (TPSA) is 46.9 Å². The van der Waals surface area contributed by atoms with E-state index >= 15 is 0 Å². The normalized spacial score (nSPS) is 12.8. The molecule has 0 amide bonds. The first-order valence-corrected chi connectivity index (χ1v) is 4.33. The second kappa shape index (κ2) is 4.18. The number of aromatic nitrogens is 2.